The second kappa shape index (κ2) is 6.69. The summed E-state index contributed by atoms with van der Waals surface area (Å²) in [5, 5.41) is 12.8. The lowest BCUT2D eigenvalue weighted by Gasteiger charge is -2.19. The van der Waals surface area contributed by atoms with Crippen LogP contribution in [0.4, 0.5) is 4.39 Å². The van der Waals surface area contributed by atoms with Crippen LogP contribution in [0.25, 0.3) is 0 Å². The number of ether oxygens (including phenoxy) is 1. The van der Waals surface area contributed by atoms with E-state index in [-0.39, 0.29) is 23.8 Å². The standard InChI is InChI=1S/C16H15FN2O5/c17-11-4-1-2-6-14(11)23-9-10-8-12(18-24-10)15(20)19-7-3-5-13(19)16(21)22/h1-2,4,6,8,13H,3,5,7,9H2,(H,21,22)/t13-/m1/s1. The molecule has 1 N–H and O–H groups in total. The Morgan fingerprint density at radius 3 is 2.96 bits per heavy atom. The van der Waals surface area contributed by atoms with E-state index in [1.807, 2.05) is 0 Å². The van der Waals surface area contributed by atoms with Crippen molar-refractivity contribution in [1.29, 1.82) is 0 Å². The SMILES string of the molecule is O=C(O)[C@H]1CCCN1C(=O)c1cc(COc2ccccc2F)on1. The van der Waals surface area contributed by atoms with Gasteiger partial charge >= 0.3 is 5.97 Å². The van der Waals surface area contributed by atoms with E-state index in [0.29, 0.717) is 19.4 Å². The Labute approximate surface area is 136 Å². The Morgan fingerprint density at radius 2 is 2.21 bits per heavy atom. The Balaban J connectivity index is 1.66. The van der Waals surface area contributed by atoms with Crippen molar-refractivity contribution in [2.45, 2.75) is 25.5 Å². The van der Waals surface area contributed by atoms with Gasteiger partial charge in [0.1, 0.15) is 12.6 Å². The summed E-state index contributed by atoms with van der Waals surface area (Å²) in [7, 11) is 0. The number of carbonyl (C=O) groups is 2. The van der Waals surface area contributed by atoms with Crippen molar-refractivity contribution in [2.24, 2.45) is 0 Å². The third-order valence-corrected chi connectivity index (χ3v) is 3.78. The van der Waals surface area contributed by atoms with Gasteiger partial charge in [-0.05, 0) is 25.0 Å². The molecule has 7 nitrogen and oxygen atoms in total. The van der Waals surface area contributed by atoms with E-state index >= 15 is 0 Å². The monoisotopic (exact) mass is 334 g/mol. The van der Waals surface area contributed by atoms with Gasteiger partial charge in [-0.1, -0.05) is 17.3 Å². The van der Waals surface area contributed by atoms with Crippen LogP contribution in [0.1, 0.15) is 29.1 Å². The lowest BCUT2D eigenvalue weighted by Crippen LogP contribution is -2.40. The molecule has 1 amide bonds. The Bertz CT molecular complexity index is 760. The zero-order valence-electron chi connectivity index (χ0n) is 12.6. The van der Waals surface area contributed by atoms with Crippen molar-refractivity contribution >= 4 is 11.9 Å². The quantitative estimate of drug-likeness (QED) is 0.900. The van der Waals surface area contributed by atoms with Crippen LogP contribution in [0.15, 0.2) is 34.9 Å². The zero-order chi connectivity index (χ0) is 17.1. The summed E-state index contributed by atoms with van der Waals surface area (Å²) < 4.78 is 23.7. The Hall–Kier alpha value is -2.90. The maximum atomic E-state index is 13.5. The largest absolute Gasteiger partial charge is 0.482 e. The number of para-hydroxylation sites is 1. The molecule has 2 heterocycles. The van der Waals surface area contributed by atoms with E-state index < -0.39 is 23.7 Å². The van der Waals surface area contributed by atoms with Gasteiger partial charge in [-0.2, -0.15) is 0 Å². The summed E-state index contributed by atoms with van der Waals surface area (Å²) in [6.07, 6.45) is 1.05. The summed E-state index contributed by atoms with van der Waals surface area (Å²) in [6, 6.07) is 6.45. The number of rotatable bonds is 5. The number of hydrogen-bond donors (Lipinski definition) is 1. The molecule has 1 atom stereocenters. The molecule has 1 aromatic carbocycles. The molecule has 1 saturated heterocycles. The number of aromatic nitrogens is 1. The first-order valence-electron chi connectivity index (χ1n) is 7.43. The topological polar surface area (TPSA) is 92.9 Å². The highest BCUT2D eigenvalue weighted by Gasteiger charge is 2.35. The molecule has 1 fully saturated rings. The predicted molar refractivity (Wildman–Crippen MR) is 78.9 cm³/mol. The third-order valence-electron chi connectivity index (χ3n) is 3.78. The molecule has 1 aromatic heterocycles. The maximum absolute atomic E-state index is 13.5. The molecule has 0 aliphatic carbocycles. The Kier molecular flexibility index (Phi) is 4.45. The fourth-order valence-electron chi connectivity index (χ4n) is 2.61. The number of carbonyl (C=O) groups excluding carboxylic acids is 1. The summed E-state index contributed by atoms with van der Waals surface area (Å²) >= 11 is 0. The lowest BCUT2D eigenvalue weighted by atomic mass is 10.2. The van der Waals surface area contributed by atoms with Gasteiger partial charge in [0.2, 0.25) is 0 Å². The van der Waals surface area contributed by atoms with Crippen molar-refractivity contribution in [3.63, 3.8) is 0 Å². The van der Waals surface area contributed by atoms with Gasteiger partial charge in [0.25, 0.3) is 5.91 Å². The van der Waals surface area contributed by atoms with Crippen LogP contribution in [0.3, 0.4) is 0 Å². The molecule has 0 bridgehead atoms. The summed E-state index contributed by atoms with van der Waals surface area (Å²) in [4.78, 5) is 24.8. The van der Waals surface area contributed by atoms with Crippen molar-refractivity contribution < 1.29 is 28.3 Å². The normalized spacial score (nSPS) is 17.0. The maximum Gasteiger partial charge on any atom is 0.326 e. The van der Waals surface area contributed by atoms with Crippen LogP contribution >= 0.6 is 0 Å². The first-order chi connectivity index (χ1) is 11.6. The number of aliphatic carboxylic acids is 1. The minimum Gasteiger partial charge on any atom is -0.482 e. The van der Waals surface area contributed by atoms with E-state index in [2.05, 4.69) is 5.16 Å². The molecule has 0 saturated carbocycles. The minimum absolute atomic E-state index is 0.00952. The fraction of sp³-hybridized carbons (Fsp3) is 0.312. The number of nitrogens with zero attached hydrogens (tertiary/aromatic N) is 2. The highest BCUT2D eigenvalue weighted by molar-refractivity contribution is 5.95. The van der Waals surface area contributed by atoms with Crippen molar-refractivity contribution in [1.82, 2.24) is 10.1 Å². The van der Waals surface area contributed by atoms with Crippen LogP contribution in [0, 0.1) is 5.82 Å². The minimum atomic E-state index is -1.03. The summed E-state index contributed by atoms with van der Waals surface area (Å²) in [5.74, 6) is -1.73. The van der Waals surface area contributed by atoms with E-state index in [0.717, 1.165) is 0 Å². The van der Waals surface area contributed by atoms with Crippen molar-refractivity contribution in [2.75, 3.05) is 6.54 Å². The van der Waals surface area contributed by atoms with Gasteiger partial charge in [0.05, 0.1) is 0 Å². The van der Waals surface area contributed by atoms with E-state index in [1.165, 1.54) is 23.1 Å². The van der Waals surface area contributed by atoms with Gasteiger partial charge in [0, 0.05) is 12.6 Å². The molecule has 0 unspecified atom stereocenters. The smallest absolute Gasteiger partial charge is 0.326 e. The average molecular weight is 334 g/mol. The van der Waals surface area contributed by atoms with Crippen molar-refractivity contribution in [3.8, 4) is 5.75 Å². The zero-order valence-corrected chi connectivity index (χ0v) is 12.6. The third kappa shape index (κ3) is 3.22. The number of amides is 1. The van der Waals surface area contributed by atoms with Crippen LogP contribution in [0.5, 0.6) is 5.75 Å². The van der Waals surface area contributed by atoms with Gasteiger partial charge in [-0.25, -0.2) is 9.18 Å². The van der Waals surface area contributed by atoms with Gasteiger partial charge < -0.3 is 19.3 Å². The molecular formula is C16H15FN2O5. The summed E-state index contributed by atoms with van der Waals surface area (Å²) in [5.41, 5.74) is 0.00952. The Morgan fingerprint density at radius 1 is 1.42 bits per heavy atom. The van der Waals surface area contributed by atoms with Crippen molar-refractivity contribution in [3.05, 3.63) is 47.6 Å². The highest BCUT2D eigenvalue weighted by atomic mass is 19.1. The second-order valence-electron chi connectivity index (χ2n) is 5.39. The predicted octanol–water partition coefficient (Wildman–Crippen LogP) is 2.08. The number of likely N-dealkylation sites (tertiary alicyclic amines) is 1. The summed E-state index contributed by atoms with van der Waals surface area (Å²) in [6.45, 7) is 0.271. The van der Waals surface area contributed by atoms with E-state index in [4.69, 9.17) is 14.4 Å². The van der Waals surface area contributed by atoms with Gasteiger partial charge in [0.15, 0.2) is 23.0 Å². The molecule has 126 valence electrons. The number of halogens is 1. The van der Waals surface area contributed by atoms with Crippen LogP contribution in [-0.4, -0.2) is 39.6 Å². The average Bonchev–Trinajstić information content (AvgIpc) is 3.23. The molecule has 3 rings (SSSR count). The van der Waals surface area contributed by atoms with Gasteiger partial charge in [-0.15, -0.1) is 0 Å². The fourth-order valence-corrected chi connectivity index (χ4v) is 2.61. The highest BCUT2D eigenvalue weighted by Crippen LogP contribution is 2.21. The number of benzene rings is 1. The van der Waals surface area contributed by atoms with Crippen LogP contribution in [0.2, 0.25) is 0 Å². The van der Waals surface area contributed by atoms with Crippen LogP contribution in [-0.2, 0) is 11.4 Å². The number of carboxylic acids is 1. The molecule has 2 aromatic rings. The molecule has 0 radical (unpaired) electrons. The van der Waals surface area contributed by atoms with E-state index in [1.54, 1.807) is 12.1 Å². The molecule has 0 spiro atoms. The molecule has 1 aliphatic rings. The lowest BCUT2D eigenvalue weighted by molar-refractivity contribution is -0.141. The second-order valence-corrected chi connectivity index (χ2v) is 5.39. The van der Waals surface area contributed by atoms with Crippen LogP contribution < -0.4 is 4.74 Å². The molecular weight excluding hydrogens is 319 g/mol. The van der Waals surface area contributed by atoms with Gasteiger partial charge in [-0.3, -0.25) is 4.79 Å². The molecule has 8 heteroatoms. The molecule has 1 aliphatic heterocycles. The first kappa shape index (κ1) is 16.0. The number of carboxylic acid groups (broad SMARTS) is 1. The number of hydrogen-bond acceptors (Lipinski definition) is 5. The van der Waals surface area contributed by atoms with E-state index in [9.17, 15) is 14.0 Å². The first-order valence-corrected chi connectivity index (χ1v) is 7.43. The molecule has 24 heavy (non-hydrogen) atoms.